The lowest BCUT2D eigenvalue weighted by atomic mass is 9.96. The second-order valence-electron chi connectivity index (χ2n) is 14.2. The largest absolute Gasteiger partial charge is 0.310 e. The van der Waals surface area contributed by atoms with Gasteiger partial charge >= 0.3 is 0 Å². The summed E-state index contributed by atoms with van der Waals surface area (Å²) in [6.45, 7) is 0. The second-order valence-corrected chi connectivity index (χ2v) is 14.2. The molecule has 0 fully saturated rings. The van der Waals surface area contributed by atoms with Gasteiger partial charge in [-0.1, -0.05) is 133 Å². The summed E-state index contributed by atoms with van der Waals surface area (Å²) in [7, 11) is 0. The number of aryl methyl sites for hydroxylation is 1. The second kappa shape index (κ2) is 13.6. The monoisotopic (exact) mass is 690 g/mol. The molecule has 1 aliphatic rings. The third-order valence-electron chi connectivity index (χ3n) is 10.8. The molecule has 2 nitrogen and oxygen atoms in total. The molecule has 0 aromatic heterocycles. The van der Waals surface area contributed by atoms with Crippen molar-refractivity contribution in [3.8, 4) is 11.1 Å². The SMILES string of the molecule is C1=Cc2cc(N(c3ccccc3)c3ccc4cc(-c5ccc(N(c6ccc7ccccc7c6)c6cccc7ccccc67)cc5)ccc4c3)ccc2CC1. The van der Waals surface area contributed by atoms with Gasteiger partial charge in [-0.25, -0.2) is 0 Å². The van der Waals surface area contributed by atoms with Crippen molar-refractivity contribution in [2.45, 2.75) is 12.8 Å². The highest BCUT2D eigenvalue weighted by atomic mass is 15.1. The fourth-order valence-corrected chi connectivity index (χ4v) is 8.08. The number of fused-ring (bicyclic) bond motifs is 4. The van der Waals surface area contributed by atoms with Gasteiger partial charge in [0, 0.05) is 33.8 Å². The third-order valence-corrected chi connectivity index (χ3v) is 10.8. The topological polar surface area (TPSA) is 6.48 Å². The van der Waals surface area contributed by atoms with Crippen molar-refractivity contribution in [1.82, 2.24) is 0 Å². The molecule has 0 unspecified atom stereocenters. The minimum absolute atomic E-state index is 1.10. The molecule has 9 aromatic rings. The van der Waals surface area contributed by atoms with Gasteiger partial charge < -0.3 is 9.80 Å². The highest BCUT2D eigenvalue weighted by Crippen LogP contribution is 2.42. The molecule has 256 valence electrons. The van der Waals surface area contributed by atoms with Gasteiger partial charge in [0.15, 0.2) is 0 Å². The van der Waals surface area contributed by atoms with Crippen LogP contribution in [0.4, 0.5) is 34.1 Å². The van der Waals surface area contributed by atoms with Crippen LogP contribution >= 0.6 is 0 Å². The molecular formula is C52H38N2. The molecule has 0 aliphatic heterocycles. The highest BCUT2D eigenvalue weighted by molar-refractivity contribution is 6.00. The Morgan fingerprint density at radius 1 is 0.352 bits per heavy atom. The molecule has 0 saturated heterocycles. The standard InChI is InChI=1S/C52H38N2/c1-2-17-46(18-3-1)53(48-30-25-37-11-4-6-14-41(37)34-48)49-32-27-44-33-43(21-22-45(44)36-49)39-23-28-47(29-24-39)54(50-31-26-38-12-5-7-15-42(38)35-50)52-20-10-16-40-13-8-9-19-51(40)52/h1-3,5-10,12-36H,4,11H2. The van der Waals surface area contributed by atoms with Crippen LogP contribution in [0.25, 0.3) is 49.5 Å². The van der Waals surface area contributed by atoms with Gasteiger partial charge in [-0.05, 0) is 135 Å². The van der Waals surface area contributed by atoms with E-state index in [0.29, 0.717) is 0 Å². The Morgan fingerprint density at radius 2 is 0.926 bits per heavy atom. The van der Waals surface area contributed by atoms with Crippen molar-refractivity contribution < 1.29 is 0 Å². The number of rotatable bonds is 7. The number of para-hydroxylation sites is 1. The molecule has 2 heteroatoms. The predicted octanol–water partition coefficient (Wildman–Crippen LogP) is 14.7. The molecule has 0 atom stereocenters. The Morgan fingerprint density at radius 3 is 1.78 bits per heavy atom. The minimum atomic E-state index is 1.10. The van der Waals surface area contributed by atoms with Crippen LogP contribution in [-0.2, 0) is 6.42 Å². The molecule has 0 bridgehead atoms. The Kier molecular flexibility index (Phi) is 8.00. The Bertz CT molecular complexity index is 2830. The van der Waals surface area contributed by atoms with Gasteiger partial charge in [0.2, 0.25) is 0 Å². The summed E-state index contributed by atoms with van der Waals surface area (Å²) in [5.41, 5.74) is 12.0. The Hall–Kier alpha value is -6.90. The van der Waals surface area contributed by atoms with Crippen molar-refractivity contribution in [3.63, 3.8) is 0 Å². The average Bonchev–Trinajstić information content (AvgIpc) is 3.24. The van der Waals surface area contributed by atoms with Gasteiger partial charge in [-0.3, -0.25) is 0 Å². The number of allylic oxidation sites excluding steroid dienone is 1. The molecule has 0 spiro atoms. The molecule has 54 heavy (non-hydrogen) atoms. The van der Waals surface area contributed by atoms with E-state index in [4.69, 9.17) is 0 Å². The molecule has 0 N–H and O–H groups in total. The van der Waals surface area contributed by atoms with Crippen molar-refractivity contribution >= 4 is 72.5 Å². The molecule has 0 radical (unpaired) electrons. The summed E-state index contributed by atoms with van der Waals surface area (Å²) in [5, 5.41) is 7.34. The van der Waals surface area contributed by atoms with E-state index in [9.17, 15) is 0 Å². The van der Waals surface area contributed by atoms with E-state index in [0.717, 1.165) is 41.3 Å². The fourth-order valence-electron chi connectivity index (χ4n) is 8.08. The molecule has 0 amide bonds. The summed E-state index contributed by atoms with van der Waals surface area (Å²) in [4.78, 5) is 4.75. The lowest BCUT2D eigenvalue weighted by Crippen LogP contribution is -2.10. The summed E-state index contributed by atoms with van der Waals surface area (Å²) in [5.74, 6) is 0. The van der Waals surface area contributed by atoms with Crippen LogP contribution in [-0.4, -0.2) is 0 Å². The van der Waals surface area contributed by atoms with E-state index < -0.39 is 0 Å². The lowest BCUT2D eigenvalue weighted by molar-refractivity contribution is 0.985. The van der Waals surface area contributed by atoms with Crippen LogP contribution in [0.2, 0.25) is 0 Å². The molecular weight excluding hydrogens is 653 g/mol. The molecule has 10 rings (SSSR count). The van der Waals surface area contributed by atoms with Crippen molar-refractivity contribution in [2.24, 2.45) is 0 Å². The first kappa shape index (κ1) is 31.8. The zero-order valence-corrected chi connectivity index (χ0v) is 29.9. The van der Waals surface area contributed by atoms with Crippen molar-refractivity contribution in [2.75, 3.05) is 9.80 Å². The van der Waals surface area contributed by atoms with E-state index in [1.165, 1.54) is 60.3 Å². The van der Waals surface area contributed by atoms with Gasteiger partial charge in [-0.15, -0.1) is 0 Å². The van der Waals surface area contributed by atoms with E-state index in [2.05, 4.69) is 216 Å². The van der Waals surface area contributed by atoms with Crippen LogP contribution in [0.1, 0.15) is 17.5 Å². The first-order valence-corrected chi connectivity index (χ1v) is 18.8. The van der Waals surface area contributed by atoms with E-state index >= 15 is 0 Å². The van der Waals surface area contributed by atoms with E-state index in [1.54, 1.807) is 0 Å². The number of nitrogens with zero attached hydrogens (tertiary/aromatic N) is 2. The fraction of sp³-hybridized carbons (Fsp3) is 0.0385. The van der Waals surface area contributed by atoms with Crippen LogP contribution in [0.5, 0.6) is 0 Å². The summed E-state index contributed by atoms with van der Waals surface area (Å²) in [6, 6.07) is 70.8. The Labute approximate surface area is 316 Å². The van der Waals surface area contributed by atoms with Crippen molar-refractivity contribution in [3.05, 3.63) is 211 Å². The maximum Gasteiger partial charge on any atom is 0.0540 e. The zero-order valence-electron chi connectivity index (χ0n) is 29.9. The predicted molar refractivity (Wildman–Crippen MR) is 231 cm³/mol. The van der Waals surface area contributed by atoms with Gasteiger partial charge in [0.05, 0.1) is 5.69 Å². The quantitative estimate of drug-likeness (QED) is 0.164. The maximum atomic E-state index is 2.39. The number of hydrogen-bond donors (Lipinski definition) is 0. The maximum absolute atomic E-state index is 2.39. The summed E-state index contributed by atoms with van der Waals surface area (Å²) in [6.07, 6.45) is 6.77. The van der Waals surface area contributed by atoms with Crippen molar-refractivity contribution in [1.29, 1.82) is 0 Å². The van der Waals surface area contributed by atoms with Crippen LogP contribution < -0.4 is 9.80 Å². The molecule has 9 aromatic carbocycles. The highest BCUT2D eigenvalue weighted by Gasteiger charge is 2.18. The van der Waals surface area contributed by atoms with E-state index in [-0.39, 0.29) is 0 Å². The van der Waals surface area contributed by atoms with Gasteiger partial charge in [-0.2, -0.15) is 0 Å². The smallest absolute Gasteiger partial charge is 0.0540 e. The number of anilines is 6. The lowest BCUT2D eigenvalue weighted by Gasteiger charge is -2.27. The molecule has 1 aliphatic carbocycles. The number of hydrogen-bond acceptors (Lipinski definition) is 2. The first-order valence-electron chi connectivity index (χ1n) is 18.8. The zero-order chi connectivity index (χ0) is 35.8. The van der Waals surface area contributed by atoms with Gasteiger partial charge in [0.1, 0.15) is 0 Å². The first-order chi connectivity index (χ1) is 26.7. The van der Waals surface area contributed by atoms with Gasteiger partial charge in [0.25, 0.3) is 0 Å². The minimum Gasteiger partial charge on any atom is -0.310 e. The number of benzene rings is 9. The van der Waals surface area contributed by atoms with E-state index in [1.807, 2.05) is 0 Å². The summed E-state index contributed by atoms with van der Waals surface area (Å²) < 4.78 is 0. The molecule has 0 heterocycles. The normalized spacial score (nSPS) is 12.2. The summed E-state index contributed by atoms with van der Waals surface area (Å²) >= 11 is 0. The third kappa shape index (κ3) is 5.88. The van der Waals surface area contributed by atoms with Crippen LogP contribution in [0, 0.1) is 0 Å². The molecule has 0 saturated carbocycles. The van der Waals surface area contributed by atoms with Crippen LogP contribution in [0.3, 0.4) is 0 Å². The van der Waals surface area contributed by atoms with Crippen LogP contribution in [0.15, 0.2) is 200 Å². The Balaban J connectivity index is 1.01. The average molecular weight is 691 g/mol.